The van der Waals surface area contributed by atoms with Crippen molar-refractivity contribution in [2.24, 2.45) is 10.2 Å². The highest BCUT2D eigenvalue weighted by molar-refractivity contribution is 5.91. The normalized spacial score (nSPS) is 10.9. The van der Waals surface area contributed by atoms with E-state index >= 15 is 0 Å². The third kappa shape index (κ3) is 4.36. The van der Waals surface area contributed by atoms with Crippen molar-refractivity contribution in [3.8, 4) is 11.5 Å². The van der Waals surface area contributed by atoms with Crippen LogP contribution >= 0.6 is 0 Å². The van der Waals surface area contributed by atoms with Crippen molar-refractivity contribution in [3.05, 3.63) is 83.2 Å². The van der Waals surface area contributed by atoms with Crippen molar-refractivity contribution in [2.75, 3.05) is 0 Å². The van der Waals surface area contributed by atoms with E-state index in [1.54, 1.807) is 44.2 Å². The van der Waals surface area contributed by atoms with Gasteiger partial charge in [0.2, 0.25) is 0 Å². The minimum atomic E-state index is -0.659. The molecule has 0 radical (unpaired) electrons. The smallest absolute Gasteiger partial charge is 0.343 e. The van der Waals surface area contributed by atoms with Gasteiger partial charge in [-0.15, -0.1) is 0 Å². The molecule has 0 saturated heterocycles. The summed E-state index contributed by atoms with van der Waals surface area (Å²) in [4.78, 5) is 12.1. The van der Waals surface area contributed by atoms with Gasteiger partial charge >= 0.3 is 5.97 Å². The van der Waals surface area contributed by atoms with Crippen molar-refractivity contribution in [1.82, 2.24) is 0 Å². The van der Waals surface area contributed by atoms with Gasteiger partial charge in [0.05, 0.1) is 16.9 Å². The van der Waals surface area contributed by atoms with Crippen LogP contribution in [0.1, 0.15) is 21.5 Å². The average molecular weight is 364 g/mol. The number of hydrogen-bond donors (Lipinski definition) is 1. The second-order valence-electron chi connectivity index (χ2n) is 5.99. The SMILES string of the molecule is Cc1cc(/N=N/c2ccc(C(=O)Oc3ccccc3F)cc2)cc(C)c1O. The van der Waals surface area contributed by atoms with Crippen LogP contribution in [0.15, 0.2) is 70.9 Å². The van der Waals surface area contributed by atoms with E-state index in [2.05, 4.69) is 10.2 Å². The van der Waals surface area contributed by atoms with Crippen molar-refractivity contribution in [2.45, 2.75) is 13.8 Å². The fourth-order valence-corrected chi connectivity index (χ4v) is 2.46. The molecule has 0 bridgehead atoms. The lowest BCUT2D eigenvalue weighted by molar-refractivity contribution is 0.0728. The summed E-state index contributed by atoms with van der Waals surface area (Å²) >= 11 is 0. The molecule has 0 aromatic heterocycles. The van der Waals surface area contributed by atoms with Crippen LogP contribution in [-0.4, -0.2) is 11.1 Å². The summed E-state index contributed by atoms with van der Waals surface area (Å²) in [6.07, 6.45) is 0. The van der Waals surface area contributed by atoms with Crippen LogP contribution in [0.2, 0.25) is 0 Å². The third-order valence-corrected chi connectivity index (χ3v) is 3.90. The molecule has 5 nitrogen and oxygen atoms in total. The first kappa shape index (κ1) is 18.3. The fraction of sp³-hybridized carbons (Fsp3) is 0.0952. The van der Waals surface area contributed by atoms with Gasteiger partial charge in [0, 0.05) is 0 Å². The summed E-state index contributed by atoms with van der Waals surface area (Å²) < 4.78 is 18.6. The first-order chi connectivity index (χ1) is 12.9. The van der Waals surface area contributed by atoms with Crippen LogP contribution in [0, 0.1) is 19.7 Å². The number of carbonyl (C=O) groups is 1. The van der Waals surface area contributed by atoms with Crippen molar-refractivity contribution in [1.29, 1.82) is 0 Å². The molecule has 3 aromatic carbocycles. The quantitative estimate of drug-likeness (QED) is 0.362. The molecule has 3 rings (SSSR count). The highest BCUT2D eigenvalue weighted by Crippen LogP contribution is 2.28. The Bertz CT molecular complexity index is 991. The second-order valence-corrected chi connectivity index (χ2v) is 5.99. The molecule has 6 heteroatoms. The fourth-order valence-electron chi connectivity index (χ4n) is 2.46. The summed E-state index contributed by atoms with van der Waals surface area (Å²) in [5.41, 5.74) is 2.87. The molecular formula is C21H17FN2O3. The number of ether oxygens (including phenoxy) is 1. The van der Waals surface area contributed by atoms with Crippen LogP contribution in [-0.2, 0) is 0 Å². The minimum Gasteiger partial charge on any atom is -0.507 e. The lowest BCUT2D eigenvalue weighted by atomic mass is 10.1. The molecule has 0 aliphatic rings. The molecule has 1 N–H and O–H groups in total. The minimum absolute atomic E-state index is 0.121. The Hall–Kier alpha value is -3.54. The van der Waals surface area contributed by atoms with Gasteiger partial charge in [-0.05, 0) is 73.5 Å². The number of carbonyl (C=O) groups excluding carboxylic acids is 1. The maximum Gasteiger partial charge on any atom is 0.343 e. The van der Waals surface area contributed by atoms with Gasteiger partial charge in [-0.1, -0.05) is 12.1 Å². The summed E-state index contributed by atoms with van der Waals surface area (Å²) in [5, 5.41) is 18.0. The number of azo groups is 1. The second kappa shape index (κ2) is 7.78. The highest BCUT2D eigenvalue weighted by Gasteiger charge is 2.11. The molecule has 0 amide bonds. The summed E-state index contributed by atoms with van der Waals surface area (Å²) in [6.45, 7) is 3.58. The number of esters is 1. The van der Waals surface area contributed by atoms with Crippen molar-refractivity contribution >= 4 is 17.3 Å². The Morgan fingerprint density at radius 3 is 2.15 bits per heavy atom. The number of hydrogen-bond acceptors (Lipinski definition) is 5. The zero-order chi connectivity index (χ0) is 19.4. The molecular weight excluding hydrogens is 347 g/mol. The molecule has 0 fully saturated rings. The number of aryl methyl sites for hydroxylation is 2. The van der Waals surface area contributed by atoms with Gasteiger partial charge in [-0.3, -0.25) is 0 Å². The van der Waals surface area contributed by atoms with E-state index in [9.17, 15) is 14.3 Å². The molecule has 27 heavy (non-hydrogen) atoms. The standard InChI is InChI=1S/C21H17FN2O3/c1-13-11-17(12-14(2)20(13)25)24-23-16-9-7-15(8-10-16)21(26)27-19-6-4-3-5-18(19)22/h3-12,25H,1-2H3/b24-23+. The Morgan fingerprint density at radius 1 is 0.926 bits per heavy atom. The molecule has 0 aliphatic carbocycles. The maximum atomic E-state index is 13.6. The van der Waals surface area contributed by atoms with E-state index in [-0.39, 0.29) is 17.1 Å². The number of aromatic hydroxyl groups is 1. The number of benzene rings is 3. The molecule has 0 saturated carbocycles. The summed E-state index contributed by atoms with van der Waals surface area (Å²) in [5.74, 6) is -1.14. The predicted octanol–water partition coefficient (Wildman–Crippen LogP) is 5.78. The Kier molecular flexibility index (Phi) is 5.26. The molecule has 3 aromatic rings. The van der Waals surface area contributed by atoms with E-state index in [0.29, 0.717) is 11.4 Å². The Morgan fingerprint density at radius 2 is 1.52 bits per heavy atom. The molecule has 136 valence electrons. The van der Waals surface area contributed by atoms with E-state index in [0.717, 1.165) is 11.1 Å². The van der Waals surface area contributed by atoms with E-state index in [1.165, 1.54) is 30.3 Å². The number of nitrogens with zero attached hydrogens (tertiary/aromatic N) is 2. The molecule has 0 atom stereocenters. The number of para-hydroxylation sites is 1. The lowest BCUT2D eigenvalue weighted by Crippen LogP contribution is -2.09. The first-order valence-electron chi connectivity index (χ1n) is 8.23. The lowest BCUT2D eigenvalue weighted by Gasteiger charge is -2.05. The predicted molar refractivity (Wildman–Crippen MR) is 99.6 cm³/mol. The Labute approximate surface area is 155 Å². The van der Waals surface area contributed by atoms with Crippen LogP contribution in [0.5, 0.6) is 11.5 Å². The molecule has 0 spiro atoms. The first-order valence-corrected chi connectivity index (χ1v) is 8.23. The third-order valence-electron chi connectivity index (χ3n) is 3.90. The number of rotatable bonds is 4. The van der Waals surface area contributed by atoms with Crippen LogP contribution < -0.4 is 4.74 Å². The molecule has 0 heterocycles. The largest absolute Gasteiger partial charge is 0.507 e. The molecule has 0 aliphatic heterocycles. The zero-order valence-corrected chi connectivity index (χ0v) is 14.8. The van der Waals surface area contributed by atoms with Gasteiger partial charge < -0.3 is 9.84 Å². The Balaban J connectivity index is 1.72. The monoisotopic (exact) mass is 364 g/mol. The zero-order valence-electron chi connectivity index (χ0n) is 14.8. The topological polar surface area (TPSA) is 71.2 Å². The van der Waals surface area contributed by atoms with E-state index in [1.807, 2.05) is 0 Å². The van der Waals surface area contributed by atoms with Gasteiger partial charge in [-0.25, -0.2) is 9.18 Å². The number of phenolic OH excluding ortho intramolecular Hbond substituents is 1. The summed E-state index contributed by atoms with van der Waals surface area (Å²) in [6, 6.07) is 15.5. The summed E-state index contributed by atoms with van der Waals surface area (Å²) in [7, 11) is 0. The number of halogens is 1. The van der Waals surface area contributed by atoms with Gasteiger partial charge in [0.25, 0.3) is 0 Å². The van der Waals surface area contributed by atoms with Gasteiger partial charge in [-0.2, -0.15) is 10.2 Å². The van der Waals surface area contributed by atoms with Gasteiger partial charge in [0.1, 0.15) is 5.75 Å². The average Bonchev–Trinajstić information content (AvgIpc) is 2.66. The van der Waals surface area contributed by atoms with Crippen LogP contribution in [0.25, 0.3) is 0 Å². The van der Waals surface area contributed by atoms with Crippen molar-refractivity contribution < 1.29 is 19.0 Å². The molecule has 0 unspecified atom stereocenters. The van der Waals surface area contributed by atoms with Gasteiger partial charge in [0.15, 0.2) is 11.6 Å². The van der Waals surface area contributed by atoms with E-state index in [4.69, 9.17) is 4.74 Å². The highest BCUT2D eigenvalue weighted by atomic mass is 19.1. The number of phenols is 1. The van der Waals surface area contributed by atoms with Crippen molar-refractivity contribution in [3.63, 3.8) is 0 Å². The van der Waals surface area contributed by atoms with E-state index < -0.39 is 11.8 Å². The maximum absolute atomic E-state index is 13.6. The van der Waals surface area contributed by atoms with Crippen LogP contribution in [0.3, 0.4) is 0 Å². The van der Waals surface area contributed by atoms with Crippen LogP contribution in [0.4, 0.5) is 15.8 Å².